The van der Waals surface area contributed by atoms with Gasteiger partial charge in [-0.05, 0) is 23.8 Å². The van der Waals surface area contributed by atoms with Crippen LogP contribution in [0.25, 0.3) is 10.8 Å². The smallest absolute Gasteiger partial charge is 0.492 e. The first-order valence-electron chi connectivity index (χ1n) is 5.07. The van der Waals surface area contributed by atoms with Crippen LogP contribution < -0.4 is 10.2 Å². The van der Waals surface area contributed by atoms with Crippen LogP contribution in [-0.2, 0) is 0 Å². The first kappa shape index (κ1) is 11.0. The lowest BCUT2D eigenvalue weighted by molar-refractivity contribution is 0.404. The summed E-state index contributed by atoms with van der Waals surface area (Å²) in [7, 11) is -0.0107. The zero-order valence-corrected chi connectivity index (χ0v) is 9.27. The lowest BCUT2D eigenvalue weighted by Crippen LogP contribution is -2.32. The van der Waals surface area contributed by atoms with Crippen molar-refractivity contribution < 1.29 is 14.8 Å². The fraction of sp³-hybridized carbons (Fsp3) is 0.167. The van der Waals surface area contributed by atoms with E-state index in [1.165, 1.54) is 7.11 Å². The zero-order valence-electron chi connectivity index (χ0n) is 9.27. The monoisotopic (exact) mass is 216 g/mol. The number of rotatable bonds is 2. The van der Waals surface area contributed by atoms with Gasteiger partial charge in [0.05, 0.1) is 7.11 Å². The number of ether oxygens (including phenoxy) is 1. The first-order chi connectivity index (χ1) is 7.63. The number of methoxy groups -OCH3 is 1. The van der Waals surface area contributed by atoms with E-state index in [4.69, 9.17) is 4.74 Å². The fourth-order valence-corrected chi connectivity index (χ4v) is 1.88. The molecule has 2 aromatic rings. The van der Waals surface area contributed by atoms with Crippen LogP contribution in [0.5, 0.6) is 5.75 Å². The van der Waals surface area contributed by atoms with Gasteiger partial charge in [0.2, 0.25) is 0 Å². The predicted molar refractivity (Wildman–Crippen MR) is 65.1 cm³/mol. The van der Waals surface area contributed by atoms with Gasteiger partial charge in [-0.1, -0.05) is 29.8 Å². The van der Waals surface area contributed by atoms with Crippen molar-refractivity contribution in [2.45, 2.75) is 6.92 Å². The Morgan fingerprint density at radius 3 is 2.44 bits per heavy atom. The van der Waals surface area contributed by atoms with Crippen LogP contribution in [0.4, 0.5) is 0 Å². The highest BCUT2D eigenvalue weighted by atomic mass is 16.5. The molecule has 0 amide bonds. The SMILES string of the molecule is COc1ccc2ccc(C)cc2c1B(O)O. The van der Waals surface area contributed by atoms with Crippen molar-refractivity contribution in [3.8, 4) is 5.75 Å². The topological polar surface area (TPSA) is 49.7 Å². The van der Waals surface area contributed by atoms with E-state index in [1.807, 2.05) is 31.2 Å². The maximum Gasteiger partial charge on any atom is 0.492 e. The van der Waals surface area contributed by atoms with Crippen molar-refractivity contribution in [3.63, 3.8) is 0 Å². The molecule has 2 aromatic carbocycles. The molecule has 2 N–H and O–H groups in total. The molecule has 4 heteroatoms. The van der Waals surface area contributed by atoms with Crippen LogP contribution in [-0.4, -0.2) is 24.3 Å². The summed E-state index contributed by atoms with van der Waals surface area (Å²) >= 11 is 0. The molecule has 82 valence electrons. The summed E-state index contributed by atoms with van der Waals surface area (Å²) in [6, 6.07) is 9.51. The molecular weight excluding hydrogens is 203 g/mol. The molecule has 2 rings (SSSR count). The molecule has 0 aliphatic heterocycles. The van der Waals surface area contributed by atoms with E-state index in [9.17, 15) is 10.0 Å². The van der Waals surface area contributed by atoms with E-state index in [1.54, 1.807) is 6.07 Å². The van der Waals surface area contributed by atoms with Crippen molar-refractivity contribution in [1.29, 1.82) is 0 Å². The molecule has 0 unspecified atom stereocenters. The molecular formula is C12H13BO3. The Hall–Kier alpha value is -1.52. The predicted octanol–water partition coefficient (Wildman–Crippen LogP) is 0.837. The minimum Gasteiger partial charge on any atom is -0.497 e. The van der Waals surface area contributed by atoms with Gasteiger partial charge in [-0.25, -0.2) is 0 Å². The summed E-state index contributed by atoms with van der Waals surface area (Å²) in [5, 5.41) is 20.6. The van der Waals surface area contributed by atoms with E-state index in [2.05, 4.69) is 0 Å². The highest BCUT2D eigenvalue weighted by molar-refractivity contribution is 6.63. The van der Waals surface area contributed by atoms with Crippen molar-refractivity contribution in [1.82, 2.24) is 0 Å². The van der Waals surface area contributed by atoms with Crippen LogP contribution >= 0.6 is 0 Å². The largest absolute Gasteiger partial charge is 0.497 e. The van der Waals surface area contributed by atoms with Crippen molar-refractivity contribution >= 4 is 23.4 Å². The average molecular weight is 216 g/mol. The number of aryl methyl sites for hydroxylation is 1. The Morgan fingerprint density at radius 2 is 1.81 bits per heavy atom. The lowest BCUT2D eigenvalue weighted by atomic mass is 9.76. The Morgan fingerprint density at radius 1 is 1.12 bits per heavy atom. The Labute approximate surface area is 94.4 Å². The number of hydrogen-bond donors (Lipinski definition) is 2. The second-order valence-corrected chi connectivity index (χ2v) is 3.78. The second kappa shape index (κ2) is 4.16. The second-order valence-electron chi connectivity index (χ2n) is 3.78. The standard InChI is InChI=1S/C12H13BO3/c1-8-3-4-9-5-6-11(16-2)12(13(14)15)10(9)7-8/h3-7,14-15H,1-2H3. The molecule has 16 heavy (non-hydrogen) atoms. The van der Waals surface area contributed by atoms with Gasteiger partial charge in [-0.15, -0.1) is 0 Å². The Balaban J connectivity index is 2.81. The molecule has 0 saturated heterocycles. The van der Waals surface area contributed by atoms with E-state index in [0.29, 0.717) is 11.2 Å². The van der Waals surface area contributed by atoms with Gasteiger partial charge < -0.3 is 14.8 Å². The van der Waals surface area contributed by atoms with Crippen molar-refractivity contribution in [3.05, 3.63) is 35.9 Å². The Bertz CT molecular complexity index is 523. The maximum atomic E-state index is 9.40. The fourth-order valence-electron chi connectivity index (χ4n) is 1.88. The summed E-state index contributed by atoms with van der Waals surface area (Å²) in [6.07, 6.45) is 0. The van der Waals surface area contributed by atoms with Crippen molar-refractivity contribution in [2.24, 2.45) is 0 Å². The van der Waals surface area contributed by atoms with Gasteiger partial charge in [-0.2, -0.15) is 0 Å². The molecule has 0 atom stereocenters. The van der Waals surface area contributed by atoms with E-state index in [0.717, 1.165) is 16.3 Å². The van der Waals surface area contributed by atoms with Crippen LogP contribution in [0.15, 0.2) is 30.3 Å². The summed E-state index contributed by atoms with van der Waals surface area (Å²) in [5.74, 6) is 0.494. The van der Waals surface area contributed by atoms with Crippen LogP contribution in [0.2, 0.25) is 0 Å². The number of benzene rings is 2. The normalized spacial score (nSPS) is 10.5. The molecule has 0 heterocycles. The van der Waals surface area contributed by atoms with Gasteiger partial charge in [-0.3, -0.25) is 0 Å². The molecule has 3 nitrogen and oxygen atoms in total. The number of hydrogen-bond acceptors (Lipinski definition) is 3. The third-order valence-corrected chi connectivity index (χ3v) is 2.66. The van der Waals surface area contributed by atoms with E-state index >= 15 is 0 Å². The van der Waals surface area contributed by atoms with Crippen LogP contribution in [0.1, 0.15) is 5.56 Å². The maximum absolute atomic E-state index is 9.40. The third kappa shape index (κ3) is 1.77. The summed E-state index contributed by atoms with van der Waals surface area (Å²) < 4.78 is 5.13. The average Bonchev–Trinajstić information content (AvgIpc) is 2.26. The molecule has 0 aliphatic carbocycles. The molecule has 0 fully saturated rings. The summed E-state index contributed by atoms with van der Waals surface area (Å²) in [5.41, 5.74) is 1.49. The molecule has 0 bridgehead atoms. The lowest BCUT2D eigenvalue weighted by Gasteiger charge is -2.11. The van der Waals surface area contributed by atoms with Gasteiger partial charge in [0, 0.05) is 5.46 Å². The van der Waals surface area contributed by atoms with Crippen LogP contribution in [0, 0.1) is 6.92 Å². The van der Waals surface area contributed by atoms with Gasteiger partial charge >= 0.3 is 7.12 Å². The first-order valence-corrected chi connectivity index (χ1v) is 5.07. The summed E-state index contributed by atoms with van der Waals surface area (Å²) in [6.45, 7) is 1.96. The molecule has 0 aromatic heterocycles. The Kier molecular flexibility index (Phi) is 2.85. The highest BCUT2D eigenvalue weighted by Crippen LogP contribution is 2.20. The zero-order chi connectivity index (χ0) is 11.7. The van der Waals surface area contributed by atoms with Crippen molar-refractivity contribution in [2.75, 3.05) is 7.11 Å². The van der Waals surface area contributed by atoms with Gasteiger partial charge in [0.1, 0.15) is 5.75 Å². The molecule has 0 aliphatic rings. The quantitative estimate of drug-likeness (QED) is 0.731. The van der Waals surface area contributed by atoms with Crippen LogP contribution in [0.3, 0.4) is 0 Å². The highest BCUT2D eigenvalue weighted by Gasteiger charge is 2.20. The van der Waals surface area contributed by atoms with E-state index < -0.39 is 7.12 Å². The molecule has 0 spiro atoms. The minimum atomic E-state index is -1.53. The molecule has 0 radical (unpaired) electrons. The van der Waals surface area contributed by atoms with Gasteiger partial charge in [0.15, 0.2) is 0 Å². The van der Waals surface area contributed by atoms with E-state index in [-0.39, 0.29) is 0 Å². The summed E-state index contributed by atoms with van der Waals surface area (Å²) in [4.78, 5) is 0. The molecule has 0 saturated carbocycles. The van der Waals surface area contributed by atoms with Gasteiger partial charge in [0.25, 0.3) is 0 Å². The third-order valence-electron chi connectivity index (χ3n) is 2.66. The number of fused-ring (bicyclic) bond motifs is 1. The minimum absolute atomic E-state index is 0.420.